The fourth-order valence-corrected chi connectivity index (χ4v) is 2.49. The number of hydrogen-bond acceptors (Lipinski definition) is 4. The monoisotopic (exact) mass is 356 g/mol. The molecule has 6 nitrogen and oxygen atoms in total. The Morgan fingerprint density at radius 2 is 1.83 bits per heavy atom. The number of benzene rings is 1. The zero-order chi connectivity index (χ0) is 18.7. The molecule has 0 unspecified atom stereocenters. The minimum Gasteiger partial charge on any atom is -0.444 e. The number of rotatable bonds is 5. The summed E-state index contributed by atoms with van der Waals surface area (Å²) in [6.45, 7) is 9.72. The van der Waals surface area contributed by atoms with E-state index >= 15 is 0 Å². The van der Waals surface area contributed by atoms with Gasteiger partial charge in [0.25, 0.3) is 0 Å². The first kappa shape index (κ1) is 20.3. The van der Waals surface area contributed by atoms with Crippen molar-refractivity contribution < 1.29 is 17.9 Å². The molecule has 1 N–H and O–H groups in total. The lowest BCUT2D eigenvalue weighted by Gasteiger charge is -2.21. The van der Waals surface area contributed by atoms with Gasteiger partial charge in [-0.3, -0.25) is 4.31 Å². The second kappa shape index (κ2) is 7.42. The molecule has 0 atom stereocenters. The van der Waals surface area contributed by atoms with Crippen LogP contribution in [0.2, 0.25) is 0 Å². The Bertz CT molecular complexity index is 691. The van der Waals surface area contributed by atoms with E-state index in [0.29, 0.717) is 5.69 Å². The van der Waals surface area contributed by atoms with Gasteiger partial charge < -0.3 is 10.1 Å². The minimum absolute atomic E-state index is 0.234. The lowest BCUT2D eigenvalue weighted by molar-refractivity contribution is 0.0523. The van der Waals surface area contributed by atoms with Gasteiger partial charge in [0.05, 0.1) is 11.9 Å². The van der Waals surface area contributed by atoms with Gasteiger partial charge in [0, 0.05) is 13.6 Å². The summed E-state index contributed by atoms with van der Waals surface area (Å²) in [4.78, 5) is 11.8. The van der Waals surface area contributed by atoms with Gasteiger partial charge in [0.1, 0.15) is 5.60 Å². The van der Waals surface area contributed by atoms with Crippen LogP contribution in [0.3, 0.4) is 0 Å². The molecule has 1 aromatic rings. The molecule has 0 spiro atoms. The van der Waals surface area contributed by atoms with Gasteiger partial charge in [-0.05, 0) is 49.9 Å². The van der Waals surface area contributed by atoms with Crippen LogP contribution >= 0.6 is 0 Å². The van der Waals surface area contributed by atoms with E-state index in [9.17, 15) is 13.2 Å². The summed E-state index contributed by atoms with van der Waals surface area (Å²) in [5.74, 6) is 0.234. The Balaban J connectivity index is 3.02. The molecule has 7 heteroatoms. The van der Waals surface area contributed by atoms with Crippen molar-refractivity contribution in [2.75, 3.05) is 17.6 Å². The Morgan fingerprint density at radius 3 is 2.29 bits per heavy atom. The Hall–Kier alpha value is -1.76. The molecular formula is C17H28N2O4S. The average Bonchev–Trinajstić information content (AvgIpc) is 2.41. The number of sulfonamides is 1. The summed E-state index contributed by atoms with van der Waals surface area (Å²) in [6, 6.07) is 5.56. The van der Waals surface area contributed by atoms with Crippen molar-refractivity contribution >= 4 is 21.8 Å². The highest BCUT2D eigenvalue weighted by molar-refractivity contribution is 7.92. The van der Waals surface area contributed by atoms with Crippen LogP contribution in [0.15, 0.2) is 18.2 Å². The van der Waals surface area contributed by atoms with Crippen LogP contribution in [0.1, 0.15) is 51.7 Å². The minimum atomic E-state index is -3.35. The van der Waals surface area contributed by atoms with Gasteiger partial charge in [-0.15, -0.1) is 0 Å². The van der Waals surface area contributed by atoms with E-state index in [0.717, 1.165) is 17.4 Å². The molecule has 0 aliphatic rings. The van der Waals surface area contributed by atoms with Crippen LogP contribution in [-0.4, -0.2) is 33.4 Å². The van der Waals surface area contributed by atoms with E-state index < -0.39 is 21.7 Å². The fourth-order valence-electron chi connectivity index (χ4n) is 2.00. The molecule has 0 aliphatic carbocycles. The van der Waals surface area contributed by atoms with Crippen molar-refractivity contribution in [1.29, 1.82) is 0 Å². The maximum absolute atomic E-state index is 11.8. The number of anilines is 1. The molecular weight excluding hydrogens is 328 g/mol. The summed E-state index contributed by atoms with van der Waals surface area (Å²) < 4.78 is 30.0. The smallest absolute Gasteiger partial charge is 0.407 e. The third kappa shape index (κ3) is 6.39. The van der Waals surface area contributed by atoms with E-state index in [1.807, 2.05) is 26.0 Å². The Labute approximate surface area is 145 Å². The first-order chi connectivity index (χ1) is 10.8. The molecule has 1 amide bonds. The van der Waals surface area contributed by atoms with Crippen molar-refractivity contribution in [1.82, 2.24) is 5.32 Å². The van der Waals surface area contributed by atoms with Crippen LogP contribution in [0.5, 0.6) is 0 Å². The van der Waals surface area contributed by atoms with E-state index in [1.54, 1.807) is 26.8 Å². The van der Waals surface area contributed by atoms with Crippen LogP contribution in [-0.2, 0) is 21.3 Å². The lowest BCUT2D eigenvalue weighted by atomic mass is 10.00. The van der Waals surface area contributed by atoms with Crippen molar-refractivity contribution in [3.8, 4) is 0 Å². The molecule has 0 heterocycles. The fraction of sp³-hybridized carbons (Fsp3) is 0.588. The summed E-state index contributed by atoms with van der Waals surface area (Å²) >= 11 is 0. The number of alkyl carbamates (subject to hydrolysis) is 1. The molecule has 24 heavy (non-hydrogen) atoms. The van der Waals surface area contributed by atoms with Gasteiger partial charge >= 0.3 is 6.09 Å². The molecule has 0 bridgehead atoms. The number of nitrogens with one attached hydrogen (secondary N) is 1. The maximum atomic E-state index is 11.8. The largest absolute Gasteiger partial charge is 0.444 e. The van der Waals surface area contributed by atoms with Gasteiger partial charge in [0.2, 0.25) is 10.0 Å². The molecule has 0 aliphatic heterocycles. The Kier molecular flexibility index (Phi) is 6.27. The third-order valence-electron chi connectivity index (χ3n) is 3.36. The van der Waals surface area contributed by atoms with Crippen molar-refractivity contribution in [3.63, 3.8) is 0 Å². The zero-order valence-electron chi connectivity index (χ0n) is 15.5. The Morgan fingerprint density at radius 1 is 1.25 bits per heavy atom. The third-order valence-corrected chi connectivity index (χ3v) is 4.57. The average molecular weight is 356 g/mol. The van der Waals surface area contributed by atoms with Crippen LogP contribution in [0, 0.1) is 0 Å². The SMILES string of the molecule is CC(C)c1cc(CNC(=O)OC(C)(C)C)cc(N(C)S(C)(=O)=O)c1. The number of nitrogens with zero attached hydrogens (tertiary/aromatic N) is 1. The van der Waals surface area contributed by atoms with Crippen molar-refractivity contribution in [2.24, 2.45) is 0 Å². The summed E-state index contributed by atoms with van der Waals surface area (Å²) in [5.41, 5.74) is 1.83. The van der Waals surface area contributed by atoms with Gasteiger partial charge in [-0.2, -0.15) is 0 Å². The van der Waals surface area contributed by atoms with E-state index in [2.05, 4.69) is 5.32 Å². The van der Waals surface area contributed by atoms with Gasteiger partial charge in [-0.1, -0.05) is 19.9 Å². The predicted octanol–water partition coefficient (Wildman–Crippen LogP) is 3.23. The highest BCUT2D eigenvalue weighted by Gasteiger charge is 2.17. The molecule has 0 saturated heterocycles. The maximum Gasteiger partial charge on any atom is 0.407 e. The van der Waals surface area contributed by atoms with Crippen LogP contribution in [0.25, 0.3) is 0 Å². The lowest BCUT2D eigenvalue weighted by Crippen LogP contribution is -2.32. The topological polar surface area (TPSA) is 75.7 Å². The molecule has 1 aromatic carbocycles. The highest BCUT2D eigenvalue weighted by atomic mass is 32.2. The summed E-state index contributed by atoms with van der Waals surface area (Å²) in [6.07, 6.45) is 0.656. The normalized spacial score (nSPS) is 12.2. The van der Waals surface area contributed by atoms with E-state index in [-0.39, 0.29) is 12.5 Å². The second-order valence-electron chi connectivity index (χ2n) is 7.17. The molecule has 1 rings (SSSR count). The molecule has 0 saturated carbocycles. The first-order valence-corrected chi connectivity index (χ1v) is 9.69. The van der Waals surface area contributed by atoms with Crippen molar-refractivity contribution in [3.05, 3.63) is 29.3 Å². The van der Waals surface area contributed by atoms with E-state index in [1.165, 1.54) is 11.4 Å². The first-order valence-electron chi connectivity index (χ1n) is 7.84. The number of hydrogen-bond donors (Lipinski definition) is 1. The predicted molar refractivity (Wildman–Crippen MR) is 96.9 cm³/mol. The molecule has 0 radical (unpaired) electrons. The van der Waals surface area contributed by atoms with Gasteiger partial charge in [0.15, 0.2) is 0 Å². The molecule has 136 valence electrons. The number of carbonyl (C=O) groups excluding carboxylic acids is 1. The standard InChI is InChI=1S/C17H28N2O4S/c1-12(2)14-8-13(11-18-16(20)23-17(3,4)5)9-15(10-14)19(6)24(7,21)22/h8-10,12H,11H2,1-7H3,(H,18,20). The number of amides is 1. The number of ether oxygens (including phenoxy) is 1. The summed E-state index contributed by atoms with van der Waals surface area (Å²) in [5, 5.41) is 2.70. The zero-order valence-corrected chi connectivity index (χ0v) is 16.3. The molecule has 0 aromatic heterocycles. The summed E-state index contributed by atoms with van der Waals surface area (Å²) in [7, 11) is -1.84. The number of carbonyl (C=O) groups is 1. The van der Waals surface area contributed by atoms with Crippen molar-refractivity contribution in [2.45, 2.75) is 52.7 Å². The van der Waals surface area contributed by atoms with Crippen LogP contribution < -0.4 is 9.62 Å². The van der Waals surface area contributed by atoms with Crippen LogP contribution in [0.4, 0.5) is 10.5 Å². The quantitative estimate of drug-likeness (QED) is 0.879. The van der Waals surface area contributed by atoms with E-state index in [4.69, 9.17) is 4.74 Å². The molecule has 0 fully saturated rings. The second-order valence-corrected chi connectivity index (χ2v) is 9.19. The van der Waals surface area contributed by atoms with Gasteiger partial charge in [-0.25, -0.2) is 13.2 Å². The highest BCUT2D eigenvalue weighted by Crippen LogP contribution is 2.25.